The second kappa shape index (κ2) is 8.12. The average Bonchev–Trinajstić information content (AvgIpc) is 3.05. The highest BCUT2D eigenvalue weighted by Crippen LogP contribution is 2.37. The van der Waals surface area contributed by atoms with Crippen molar-refractivity contribution in [3.63, 3.8) is 0 Å². The van der Waals surface area contributed by atoms with E-state index in [0.717, 1.165) is 13.1 Å². The van der Waals surface area contributed by atoms with Gasteiger partial charge in [0.2, 0.25) is 0 Å². The van der Waals surface area contributed by atoms with Crippen LogP contribution in [0.4, 0.5) is 0 Å². The summed E-state index contributed by atoms with van der Waals surface area (Å²) in [5, 5.41) is 21.6. The highest BCUT2D eigenvalue weighted by Gasteiger charge is 2.23. The number of aromatic hydroxyl groups is 1. The number of aliphatic hydroxyl groups is 1. The molecule has 0 fully saturated rings. The molecule has 0 aliphatic carbocycles. The molecule has 3 aromatic rings. The molecular formula is C19H24ClNO5. The smallest absolute Gasteiger partial charge is 0.196 e. The SMILES string of the molecule is CCN(CC)CC(O)Cc1c2occc2c(O)c2c(=O)cc(C)oc12.Cl. The second-order valence-corrected chi connectivity index (χ2v) is 6.26. The maximum Gasteiger partial charge on any atom is 0.196 e. The molecule has 1 aromatic carbocycles. The number of benzene rings is 1. The molecule has 2 N–H and O–H groups in total. The van der Waals surface area contributed by atoms with Crippen molar-refractivity contribution in [3.05, 3.63) is 39.9 Å². The van der Waals surface area contributed by atoms with Gasteiger partial charge in [-0.05, 0) is 26.1 Å². The molecule has 2 aromatic heterocycles. The quantitative estimate of drug-likeness (QED) is 0.681. The zero-order chi connectivity index (χ0) is 18.1. The third kappa shape index (κ3) is 3.58. The minimum atomic E-state index is -0.647. The van der Waals surface area contributed by atoms with Gasteiger partial charge in [0, 0.05) is 24.6 Å². The van der Waals surface area contributed by atoms with Crippen molar-refractivity contribution in [1.29, 1.82) is 0 Å². The molecule has 1 unspecified atom stereocenters. The monoisotopic (exact) mass is 381 g/mol. The predicted octanol–water partition coefficient (Wildman–Crippen LogP) is 3.22. The van der Waals surface area contributed by atoms with Crippen molar-refractivity contribution in [2.75, 3.05) is 19.6 Å². The Labute approximate surface area is 157 Å². The predicted molar refractivity (Wildman–Crippen MR) is 103 cm³/mol. The molecule has 0 spiro atoms. The van der Waals surface area contributed by atoms with Crippen LogP contribution in [0.15, 0.2) is 32.0 Å². The van der Waals surface area contributed by atoms with Gasteiger partial charge in [0.05, 0.1) is 17.8 Å². The molecule has 2 heterocycles. The first-order valence-corrected chi connectivity index (χ1v) is 8.52. The van der Waals surface area contributed by atoms with Crippen LogP contribution in [0.5, 0.6) is 5.75 Å². The summed E-state index contributed by atoms with van der Waals surface area (Å²) in [5.74, 6) is 0.303. The summed E-state index contributed by atoms with van der Waals surface area (Å²) < 4.78 is 11.3. The van der Waals surface area contributed by atoms with E-state index in [1.165, 1.54) is 12.3 Å². The number of aryl methyl sites for hydroxylation is 1. The summed E-state index contributed by atoms with van der Waals surface area (Å²) in [6, 6.07) is 2.97. The van der Waals surface area contributed by atoms with Crippen molar-refractivity contribution < 1.29 is 19.0 Å². The topological polar surface area (TPSA) is 87.0 Å². The number of halogens is 1. The Morgan fingerprint density at radius 2 is 1.92 bits per heavy atom. The number of phenolic OH excluding ortho intramolecular Hbond substituents is 1. The van der Waals surface area contributed by atoms with E-state index in [1.807, 2.05) is 13.8 Å². The Morgan fingerprint density at radius 3 is 2.58 bits per heavy atom. The first-order chi connectivity index (χ1) is 12.0. The van der Waals surface area contributed by atoms with Crippen LogP contribution in [-0.2, 0) is 6.42 Å². The lowest BCUT2D eigenvalue weighted by atomic mass is 10.00. The number of aliphatic hydroxyl groups excluding tert-OH is 1. The van der Waals surface area contributed by atoms with Crippen LogP contribution in [0.2, 0.25) is 0 Å². The van der Waals surface area contributed by atoms with Gasteiger partial charge in [0.15, 0.2) is 5.43 Å². The second-order valence-electron chi connectivity index (χ2n) is 6.26. The van der Waals surface area contributed by atoms with E-state index in [0.29, 0.717) is 28.8 Å². The molecule has 0 saturated heterocycles. The fourth-order valence-electron chi connectivity index (χ4n) is 3.28. The largest absolute Gasteiger partial charge is 0.506 e. The zero-order valence-corrected chi connectivity index (χ0v) is 15.9. The molecule has 1 atom stereocenters. The Hall–Kier alpha value is -2.02. The molecular weight excluding hydrogens is 358 g/mol. The number of rotatable bonds is 6. The average molecular weight is 382 g/mol. The Kier molecular flexibility index (Phi) is 6.34. The van der Waals surface area contributed by atoms with Crippen LogP contribution in [0.1, 0.15) is 25.2 Å². The van der Waals surface area contributed by atoms with Gasteiger partial charge < -0.3 is 23.9 Å². The van der Waals surface area contributed by atoms with E-state index in [2.05, 4.69) is 4.90 Å². The summed E-state index contributed by atoms with van der Waals surface area (Å²) in [6.45, 7) is 7.95. The normalized spacial score (nSPS) is 12.7. The first-order valence-electron chi connectivity index (χ1n) is 8.52. The molecule has 7 heteroatoms. The lowest BCUT2D eigenvalue weighted by Gasteiger charge is -2.22. The number of likely N-dealkylation sites (N-methyl/N-ethyl adjacent to an activating group) is 1. The fraction of sp³-hybridized carbons (Fsp3) is 0.421. The first kappa shape index (κ1) is 20.3. The molecule has 0 aliphatic rings. The molecule has 3 rings (SSSR count). The molecule has 0 bridgehead atoms. The van der Waals surface area contributed by atoms with Gasteiger partial charge in [0.25, 0.3) is 0 Å². The van der Waals surface area contributed by atoms with Crippen molar-refractivity contribution in [1.82, 2.24) is 4.90 Å². The van der Waals surface area contributed by atoms with Crippen LogP contribution in [-0.4, -0.2) is 40.9 Å². The number of hydrogen-bond acceptors (Lipinski definition) is 6. The molecule has 0 aliphatic heterocycles. The van der Waals surface area contributed by atoms with Gasteiger partial charge in [-0.1, -0.05) is 13.8 Å². The van der Waals surface area contributed by atoms with Crippen LogP contribution in [0.3, 0.4) is 0 Å². The van der Waals surface area contributed by atoms with Crippen LogP contribution < -0.4 is 5.43 Å². The standard InChI is InChI=1S/C19H23NO5.ClH/c1-4-20(5-2)10-12(21)9-14-18-13(6-7-24-18)17(23)16-15(22)8-11(3)25-19(14)16;/h6-8,12,21,23H,4-5,9-10H2,1-3H3;1H. The molecule has 6 nitrogen and oxygen atoms in total. The van der Waals surface area contributed by atoms with Gasteiger partial charge in [-0.25, -0.2) is 0 Å². The lowest BCUT2D eigenvalue weighted by Crippen LogP contribution is -2.33. The van der Waals surface area contributed by atoms with Crippen LogP contribution in [0.25, 0.3) is 21.9 Å². The fourth-order valence-corrected chi connectivity index (χ4v) is 3.28. The number of nitrogens with zero attached hydrogens (tertiary/aromatic N) is 1. The zero-order valence-electron chi connectivity index (χ0n) is 15.1. The van der Waals surface area contributed by atoms with Gasteiger partial charge in [-0.15, -0.1) is 12.4 Å². The maximum atomic E-state index is 12.4. The van der Waals surface area contributed by atoms with Crippen molar-refractivity contribution in [3.8, 4) is 5.75 Å². The van der Waals surface area contributed by atoms with Gasteiger partial charge in [0.1, 0.15) is 28.1 Å². The maximum absolute atomic E-state index is 12.4. The minimum Gasteiger partial charge on any atom is -0.506 e. The molecule has 0 saturated carbocycles. The Bertz CT molecular complexity index is 958. The molecule has 0 radical (unpaired) electrons. The number of fused-ring (bicyclic) bond motifs is 2. The summed E-state index contributed by atoms with van der Waals surface area (Å²) in [7, 11) is 0. The third-order valence-corrected chi connectivity index (χ3v) is 4.58. The number of hydrogen-bond donors (Lipinski definition) is 2. The van der Waals surface area contributed by atoms with Gasteiger partial charge in [-0.3, -0.25) is 4.79 Å². The van der Waals surface area contributed by atoms with Crippen molar-refractivity contribution in [2.45, 2.75) is 33.3 Å². The van der Waals surface area contributed by atoms with E-state index >= 15 is 0 Å². The molecule has 26 heavy (non-hydrogen) atoms. The Morgan fingerprint density at radius 1 is 1.23 bits per heavy atom. The van der Waals surface area contributed by atoms with Crippen LogP contribution in [0, 0.1) is 6.92 Å². The van der Waals surface area contributed by atoms with E-state index in [-0.39, 0.29) is 41.0 Å². The van der Waals surface area contributed by atoms with Crippen molar-refractivity contribution in [2.24, 2.45) is 0 Å². The number of phenols is 1. The van der Waals surface area contributed by atoms with Gasteiger partial charge >= 0.3 is 0 Å². The highest BCUT2D eigenvalue weighted by molar-refractivity contribution is 6.03. The molecule has 142 valence electrons. The summed E-state index contributed by atoms with van der Waals surface area (Å²) in [5.41, 5.74) is 1.02. The van der Waals surface area contributed by atoms with Gasteiger partial charge in [-0.2, -0.15) is 0 Å². The Balaban J connectivity index is 0.00000243. The third-order valence-electron chi connectivity index (χ3n) is 4.58. The molecule has 0 amide bonds. The van der Waals surface area contributed by atoms with Crippen molar-refractivity contribution >= 4 is 34.3 Å². The summed E-state index contributed by atoms with van der Waals surface area (Å²) in [4.78, 5) is 14.5. The minimum absolute atomic E-state index is 0. The van der Waals surface area contributed by atoms with E-state index in [9.17, 15) is 15.0 Å². The lowest BCUT2D eigenvalue weighted by molar-refractivity contribution is 0.118. The van der Waals surface area contributed by atoms with E-state index < -0.39 is 6.10 Å². The van der Waals surface area contributed by atoms with Crippen LogP contribution >= 0.6 is 12.4 Å². The van der Waals surface area contributed by atoms with E-state index in [1.54, 1.807) is 13.0 Å². The summed E-state index contributed by atoms with van der Waals surface area (Å²) >= 11 is 0. The summed E-state index contributed by atoms with van der Waals surface area (Å²) in [6.07, 6.45) is 1.08. The van der Waals surface area contributed by atoms with E-state index in [4.69, 9.17) is 8.83 Å². The number of furan rings is 1. The highest BCUT2D eigenvalue weighted by atomic mass is 35.5.